The van der Waals surface area contributed by atoms with Crippen molar-refractivity contribution in [1.82, 2.24) is 4.98 Å². The zero-order valence-corrected chi connectivity index (χ0v) is 5.37. The second-order valence-electron chi connectivity index (χ2n) is 2.10. The molecule has 2 nitrogen and oxygen atoms in total. The second-order valence-corrected chi connectivity index (χ2v) is 2.10. The molecule has 0 aliphatic carbocycles. The summed E-state index contributed by atoms with van der Waals surface area (Å²) in [5.41, 5.74) is 1.59. The summed E-state index contributed by atoms with van der Waals surface area (Å²) >= 11 is 0. The van der Waals surface area contributed by atoms with Gasteiger partial charge in [0.15, 0.2) is 5.58 Å². The molecular formula is C8H7NO. The fraction of sp³-hybridized carbons (Fsp3) is 0.125. The van der Waals surface area contributed by atoms with Gasteiger partial charge in [-0.3, -0.25) is 4.98 Å². The molecule has 0 fully saturated rings. The van der Waals surface area contributed by atoms with Crippen LogP contribution in [0.25, 0.3) is 11.1 Å². The molecule has 2 aromatic rings. The van der Waals surface area contributed by atoms with Gasteiger partial charge in [0.25, 0.3) is 0 Å². The monoisotopic (exact) mass is 134 g/mol. The predicted octanol–water partition coefficient (Wildman–Crippen LogP) is 2.14. The third-order valence-electron chi connectivity index (χ3n) is 1.34. The third kappa shape index (κ3) is 0.692. The van der Waals surface area contributed by atoms with Gasteiger partial charge < -0.3 is 4.42 Å². The van der Waals surface area contributed by atoms with Crippen molar-refractivity contribution in [2.24, 2.45) is 0 Å². The Bertz CT molecular complexity index is 336. The molecule has 50 valence electrons. The highest BCUT2D eigenvalue weighted by atomic mass is 16.3. The van der Waals surface area contributed by atoms with Gasteiger partial charge in [0.1, 0.15) is 11.3 Å². The first-order chi connectivity index (χ1) is 5.40. The van der Waals surface area contributed by atoms with Crippen LogP contribution in [0.15, 0.2) is 28.8 Å². The van der Waals surface area contributed by atoms with Crippen LogP contribution in [-0.4, -0.2) is 4.98 Å². The average molecular weight is 134 g/mol. The number of rotatable bonds is 0. The van der Waals surface area contributed by atoms with E-state index in [4.69, 9.17) is 5.79 Å². The van der Waals surface area contributed by atoms with Crippen molar-refractivity contribution in [3.8, 4) is 0 Å². The van der Waals surface area contributed by atoms with E-state index in [2.05, 4.69) is 4.98 Å². The van der Waals surface area contributed by atoms with Crippen LogP contribution in [0.1, 0.15) is 7.13 Å². The first-order valence-corrected chi connectivity index (χ1v) is 3.03. The van der Waals surface area contributed by atoms with Gasteiger partial charge in [-0.05, 0) is 19.0 Å². The first-order valence-electron chi connectivity index (χ1n) is 3.73. The van der Waals surface area contributed by atoms with Gasteiger partial charge in [-0.2, -0.15) is 0 Å². The number of hydrogen-bond donors (Lipinski definition) is 0. The standard InChI is InChI=1S/C8H7NO/c1-6-5-7-8(10-6)3-2-4-9-7/h2-5H,1H3/i1D. The Labute approximate surface area is 59.9 Å². The highest BCUT2D eigenvalue weighted by molar-refractivity contribution is 5.72. The number of aryl methyl sites for hydroxylation is 1. The summed E-state index contributed by atoms with van der Waals surface area (Å²) in [7, 11) is 0. The van der Waals surface area contributed by atoms with E-state index in [1.165, 1.54) is 0 Å². The van der Waals surface area contributed by atoms with E-state index < -0.39 is 0 Å². The highest BCUT2D eigenvalue weighted by Gasteiger charge is 1.96. The Hall–Kier alpha value is -1.31. The van der Waals surface area contributed by atoms with Crippen LogP contribution in [0.4, 0.5) is 0 Å². The van der Waals surface area contributed by atoms with Crippen molar-refractivity contribution in [2.75, 3.05) is 0 Å². The van der Waals surface area contributed by atoms with Crippen molar-refractivity contribution in [3.05, 3.63) is 30.2 Å². The van der Waals surface area contributed by atoms with Crippen molar-refractivity contribution in [2.45, 2.75) is 6.90 Å². The fourth-order valence-corrected chi connectivity index (χ4v) is 0.921. The van der Waals surface area contributed by atoms with Gasteiger partial charge in [0.05, 0.1) is 0 Å². The maximum atomic E-state index is 7.05. The molecule has 2 heterocycles. The molecule has 0 atom stereocenters. The Morgan fingerprint density at radius 2 is 2.70 bits per heavy atom. The van der Waals surface area contributed by atoms with Crippen molar-refractivity contribution in [3.63, 3.8) is 0 Å². The minimum Gasteiger partial charge on any atom is -0.460 e. The summed E-state index contributed by atoms with van der Waals surface area (Å²) in [6.45, 7) is 0.177. The highest BCUT2D eigenvalue weighted by Crippen LogP contribution is 2.14. The molecule has 0 N–H and O–H groups in total. The Kier molecular flexibility index (Phi) is 0.826. The predicted molar refractivity (Wildman–Crippen MR) is 38.7 cm³/mol. The number of pyridine rings is 1. The van der Waals surface area contributed by atoms with E-state index in [9.17, 15) is 0 Å². The summed E-state index contributed by atoms with van der Waals surface area (Å²) in [5.74, 6) is 0.665. The first kappa shape index (κ1) is 4.50. The van der Waals surface area contributed by atoms with E-state index in [0.717, 1.165) is 11.1 Å². The number of aromatic nitrogens is 1. The molecule has 2 aromatic heterocycles. The largest absolute Gasteiger partial charge is 0.460 e. The molecule has 0 spiro atoms. The fourth-order valence-electron chi connectivity index (χ4n) is 0.921. The zero-order chi connectivity index (χ0) is 7.68. The van der Waals surface area contributed by atoms with E-state index in [1.807, 2.05) is 12.1 Å². The third-order valence-corrected chi connectivity index (χ3v) is 1.34. The Morgan fingerprint density at radius 1 is 1.70 bits per heavy atom. The molecular weight excluding hydrogens is 126 g/mol. The van der Waals surface area contributed by atoms with Crippen LogP contribution in [0.2, 0.25) is 0 Å². The quantitative estimate of drug-likeness (QED) is 0.551. The lowest BCUT2D eigenvalue weighted by atomic mass is 10.4. The molecule has 0 aliphatic heterocycles. The van der Waals surface area contributed by atoms with Gasteiger partial charge in [0.2, 0.25) is 0 Å². The van der Waals surface area contributed by atoms with Crippen LogP contribution in [0, 0.1) is 6.90 Å². The molecule has 2 heteroatoms. The summed E-state index contributed by atoms with van der Waals surface area (Å²) in [6.07, 6.45) is 1.71. The van der Waals surface area contributed by atoms with Gasteiger partial charge >= 0.3 is 0 Å². The SMILES string of the molecule is [2H]Cc1cc2ncccc2o1. The molecule has 0 radical (unpaired) electrons. The summed E-state index contributed by atoms with van der Waals surface area (Å²) in [6, 6.07) is 5.46. The summed E-state index contributed by atoms with van der Waals surface area (Å²) in [5, 5.41) is 0. The number of nitrogens with zero attached hydrogens (tertiary/aromatic N) is 1. The Balaban J connectivity index is 2.69. The lowest BCUT2D eigenvalue weighted by Crippen LogP contribution is -1.66. The number of fused-ring (bicyclic) bond motifs is 1. The van der Waals surface area contributed by atoms with Crippen LogP contribution >= 0.6 is 0 Å². The summed E-state index contributed by atoms with van der Waals surface area (Å²) in [4.78, 5) is 4.07. The van der Waals surface area contributed by atoms with Crippen molar-refractivity contribution in [1.29, 1.82) is 0 Å². The average Bonchev–Trinajstić information content (AvgIpc) is 2.46. The van der Waals surface area contributed by atoms with Crippen molar-refractivity contribution >= 4 is 11.1 Å². The van der Waals surface area contributed by atoms with Gasteiger partial charge in [-0.1, -0.05) is 0 Å². The van der Waals surface area contributed by atoms with E-state index in [-0.39, 0.29) is 6.90 Å². The van der Waals surface area contributed by atoms with Crippen LogP contribution in [-0.2, 0) is 0 Å². The lowest BCUT2D eigenvalue weighted by Gasteiger charge is -1.81. The topological polar surface area (TPSA) is 26.0 Å². The van der Waals surface area contributed by atoms with Crippen LogP contribution < -0.4 is 0 Å². The Morgan fingerprint density at radius 3 is 3.50 bits per heavy atom. The van der Waals surface area contributed by atoms with Gasteiger partial charge in [0, 0.05) is 13.6 Å². The maximum Gasteiger partial charge on any atom is 0.152 e. The molecule has 0 aromatic carbocycles. The molecule has 0 aliphatic rings. The van der Waals surface area contributed by atoms with E-state index in [1.54, 1.807) is 12.3 Å². The molecule has 0 amide bonds. The second kappa shape index (κ2) is 1.84. The van der Waals surface area contributed by atoms with E-state index >= 15 is 0 Å². The normalized spacial score (nSPS) is 11.8. The minimum absolute atomic E-state index is 0.177. The molecule has 0 bridgehead atoms. The smallest absolute Gasteiger partial charge is 0.152 e. The maximum absolute atomic E-state index is 7.05. The zero-order valence-electron chi connectivity index (χ0n) is 6.37. The number of hydrogen-bond acceptors (Lipinski definition) is 2. The molecule has 2 rings (SSSR count). The minimum atomic E-state index is 0.177. The van der Waals surface area contributed by atoms with E-state index in [0.29, 0.717) is 5.76 Å². The van der Waals surface area contributed by atoms with Crippen molar-refractivity contribution < 1.29 is 5.79 Å². The molecule has 0 saturated heterocycles. The summed E-state index contributed by atoms with van der Waals surface area (Å²) < 4.78 is 12.3. The molecule has 10 heavy (non-hydrogen) atoms. The van der Waals surface area contributed by atoms with Gasteiger partial charge in [-0.15, -0.1) is 0 Å². The van der Waals surface area contributed by atoms with Crippen LogP contribution in [0.5, 0.6) is 0 Å². The van der Waals surface area contributed by atoms with Gasteiger partial charge in [-0.25, -0.2) is 0 Å². The lowest BCUT2D eigenvalue weighted by molar-refractivity contribution is 0.578. The number of furan rings is 1. The molecule has 0 saturated carbocycles. The van der Waals surface area contributed by atoms with Crippen LogP contribution in [0.3, 0.4) is 0 Å². The molecule has 0 unspecified atom stereocenters.